The van der Waals surface area contributed by atoms with Crippen LogP contribution in [0.1, 0.15) is 18.9 Å². The normalized spacial score (nSPS) is 12.6. The van der Waals surface area contributed by atoms with Crippen molar-refractivity contribution in [2.45, 2.75) is 19.1 Å². The van der Waals surface area contributed by atoms with E-state index >= 15 is 0 Å². The molecule has 1 unspecified atom stereocenters. The Hall–Kier alpha value is -0.870. The van der Waals surface area contributed by atoms with Crippen LogP contribution in [0.4, 0.5) is 5.69 Å². The van der Waals surface area contributed by atoms with E-state index in [0.717, 1.165) is 24.2 Å². The Morgan fingerprint density at radius 2 is 2.29 bits per heavy atom. The first kappa shape index (κ1) is 11.2. The van der Waals surface area contributed by atoms with Gasteiger partial charge >= 0.3 is 0 Å². The highest BCUT2D eigenvalue weighted by atomic mass is 32.2. The minimum absolute atomic E-state index is 0.519. The van der Waals surface area contributed by atoms with Crippen LogP contribution in [0.5, 0.6) is 0 Å². The standard InChI is InChI=1S/C10H16N2OS/c1-2-6-12-14(13)8-9-4-3-5-10(11)7-9/h3-5,7,12H,2,6,8,11H2,1H3. The van der Waals surface area contributed by atoms with Gasteiger partial charge in [0.05, 0.1) is 16.7 Å². The van der Waals surface area contributed by atoms with Gasteiger partial charge in [-0.3, -0.25) is 0 Å². The van der Waals surface area contributed by atoms with Crippen LogP contribution >= 0.6 is 0 Å². The van der Waals surface area contributed by atoms with Crippen LogP contribution in [-0.4, -0.2) is 10.8 Å². The van der Waals surface area contributed by atoms with E-state index in [1.165, 1.54) is 0 Å². The second kappa shape index (κ2) is 5.78. The van der Waals surface area contributed by atoms with Crippen LogP contribution in [0, 0.1) is 0 Å². The summed E-state index contributed by atoms with van der Waals surface area (Å²) in [6.45, 7) is 2.83. The van der Waals surface area contributed by atoms with Crippen molar-refractivity contribution in [2.24, 2.45) is 0 Å². The van der Waals surface area contributed by atoms with Crippen LogP contribution < -0.4 is 10.5 Å². The average Bonchev–Trinajstić information content (AvgIpc) is 2.15. The molecular formula is C10H16N2OS. The molecule has 78 valence electrons. The smallest absolute Gasteiger partial charge is 0.0960 e. The Balaban J connectivity index is 2.47. The first-order chi connectivity index (χ1) is 6.72. The summed E-state index contributed by atoms with van der Waals surface area (Å²) in [6, 6.07) is 7.49. The Morgan fingerprint density at radius 3 is 2.93 bits per heavy atom. The third-order valence-electron chi connectivity index (χ3n) is 1.76. The van der Waals surface area contributed by atoms with Gasteiger partial charge < -0.3 is 5.73 Å². The molecule has 4 heteroatoms. The number of nitrogen functional groups attached to an aromatic ring is 1. The zero-order valence-electron chi connectivity index (χ0n) is 8.32. The highest BCUT2D eigenvalue weighted by Gasteiger charge is 2.00. The predicted molar refractivity (Wildman–Crippen MR) is 61.0 cm³/mol. The molecule has 0 aliphatic heterocycles. The van der Waals surface area contributed by atoms with Gasteiger partial charge in [0.1, 0.15) is 0 Å². The molecule has 1 aromatic carbocycles. The highest BCUT2D eigenvalue weighted by molar-refractivity contribution is 7.82. The van der Waals surface area contributed by atoms with E-state index in [2.05, 4.69) is 4.72 Å². The summed E-state index contributed by atoms with van der Waals surface area (Å²) in [5.41, 5.74) is 7.34. The number of nitrogens with one attached hydrogen (secondary N) is 1. The fourth-order valence-corrected chi connectivity index (χ4v) is 2.12. The molecule has 0 radical (unpaired) electrons. The number of rotatable bonds is 5. The van der Waals surface area contributed by atoms with Crippen molar-refractivity contribution in [1.82, 2.24) is 4.72 Å². The number of nitrogens with two attached hydrogens (primary N) is 1. The Bertz CT molecular complexity index is 315. The molecule has 0 aliphatic carbocycles. The Labute approximate surface area is 87.3 Å². The van der Waals surface area contributed by atoms with Crippen molar-refractivity contribution in [3.63, 3.8) is 0 Å². The zero-order valence-corrected chi connectivity index (χ0v) is 9.14. The first-order valence-electron chi connectivity index (χ1n) is 4.68. The second-order valence-corrected chi connectivity index (χ2v) is 4.40. The van der Waals surface area contributed by atoms with Crippen molar-refractivity contribution < 1.29 is 4.21 Å². The lowest BCUT2D eigenvalue weighted by Gasteiger charge is -2.03. The Kier molecular flexibility index (Phi) is 4.62. The molecule has 0 aromatic heterocycles. The molecule has 0 heterocycles. The van der Waals surface area contributed by atoms with Crippen LogP contribution in [-0.2, 0) is 16.7 Å². The minimum atomic E-state index is -0.985. The van der Waals surface area contributed by atoms with Crippen LogP contribution in [0.15, 0.2) is 24.3 Å². The SMILES string of the molecule is CCCNS(=O)Cc1cccc(N)c1. The molecule has 0 spiro atoms. The molecule has 0 aliphatic rings. The van der Waals surface area contributed by atoms with Gasteiger partial charge in [0.2, 0.25) is 0 Å². The van der Waals surface area contributed by atoms with E-state index in [1.807, 2.05) is 31.2 Å². The summed E-state index contributed by atoms with van der Waals surface area (Å²) in [5, 5.41) is 0. The molecule has 0 saturated carbocycles. The van der Waals surface area contributed by atoms with Crippen molar-refractivity contribution in [3.8, 4) is 0 Å². The Morgan fingerprint density at radius 1 is 1.50 bits per heavy atom. The van der Waals surface area contributed by atoms with Gasteiger partial charge in [-0.05, 0) is 24.1 Å². The van der Waals surface area contributed by atoms with Crippen LogP contribution in [0.2, 0.25) is 0 Å². The molecule has 1 atom stereocenters. The van der Waals surface area contributed by atoms with Gasteiger partial charge in [-0.1, -0.05) is 19.1 Å². The lowest BCUT2D eigenvalue weighted by Crippen LogP contribution is -2.19. The van der Waals surface area contributed by atoms with Gasteiger partial charge in [0.15, 0.2) is 0 Å². The fourth-order valence-electron chi connectivity index (χ4n) is 1.10. The van der Waals surface area contributed by atoms with Crippen molar-refractivity contribution in [2.75, 3.05) is 12.3 Å². The maximum absolute atomic E-state index is 11.4. The molecule has 0 saturated heterocycles. The van der Waals surface area contributed by atoms with E-state index < -0.39 is 11.0 Å². The van der Waals surface area contributed by atoms with Gasteiger partial charge in [0.25, 0.3) is 0 Å². The molecule has 3 N–H and O–H groups in total. The van der Waals surface area contributed by atoms with Crippen molar-refractivity contribution >= 4 is 16.7 Å². The summed E-state index contributed by atoms with van der Waals surface area (Å²) < 4.78 is 14.4. The van der Waals surface area contributed by atoms with E-state index in [-0.39, 0.29) is 0 Å². The largest absolute Gasteiger partial charge is 0.399 e. The molecule has 1 rings (SSSR count). The zero-order chi connectivity index (χ0) is 10.4. The third-order valence-corrected chi connectivity index (χ3v) is 2.88. The maximum atomic E-state index is 11.4. The van der Waals surface area contributed by atoms with E-state index in [1.54, 1.807) is 0 Å². The summed E-state index contributed by atoms with van der Waals surface area (Å²) in [7, 11) is -0.985. The minimum Gasteiger partial charge on any atom is -0.399 e. The monoisotopic (exact) mass is 212 g/mol. The van der Waals surface area contributed by atoms with Crippen molar-refractivity contribution in [1.29, 1.82) is 0 Å². The van der Waals surface area contributed by atoms with E-state index in [0.29, 0.717) is 5.75 Å². The number of hydrogen-bond acceptors (Lipinski definition) is 2. The summed E-state index contributed by atoms with van der Waals surface area (Å²) >= 11 is 0. The van der Waals surface area contributed by atoms with Crippen molar-refractivity contribution in [3.05, 3.63) is 29.8 Å². The van der Waals surface area contributed by atoms with Crippen LogP contribution in [0.25, 0.3) is 0 Å². The molecule has 1 aromatic rings. The van der Waals surface area contributed by atoms with Gasteiger partial charge in [-0.15, -0.1) is 0 Å². The van der Waals surface area contributed by atoms with Gasteiger partial charge in [-0.25, -0.2) is 8.93 Å². The predicted octanol–water partition coefficient (Wildman–Crippen LogP) is 1.43. The molecule has 3 nitrogen and oxygen atoms in total. The first-order valence-corrected chi connectivity index (χ1v) is 6.00. The lowest BCUT2D eigenvalue weighted by molar-refractivity contribution is 0.670. The second-order valence-electron chi connectivity index (χ2n) is 3.13. The number of hydrogen-bond donors (Lipinski definition) is 2. The molecule has 0 fully saturated rings. The molecular weight excluding hydrogens is 196 g/mol. The summed E-state index contributed by atoms with van der Waals surface area (Å²) in [6.07, 6.45) is 0.989. The van der Waals surface area contributed by atoms with Gasteiger partial charge in [-0.2, -0.15) is 0 Å². The average molecular weight is 212 g/mol. The van der Waals surface area contributed by atoms with Gasteiger partial charge in [0, 0.05) is 12.2 Å². The topological polar surface area (TPSA) is 55.1 Å². The highest BCUT2D eigenvalue weighted by Crippen LogP contribution is 2.07. The van der Waals surface area contributed by atoms with E-state index in [9.17, 15) is 4.21 Å². The molecule has 0 amide bonds. The fraction of sp³-hybridized carbons (Fsp3) is 0.400. The van der Waals surface area contributed by atoms with Crippen LogP contribution in [0.3, 0.4) is 0 Å². The quantitative estimate of drug-likeness (QED) is 0.725. The maximum Gasteiger partial charge on any atom is 0.0960 e. The number of anilines is 1. The molecule has 0 bridgehead atoms. The number of benzene rings is 1. The van der Waals surface area contributed by atoms with E-state index in [4.69, 9.17) is 5.73 Å². The lowest BCUT2D eigenvalue weighted by atomic mass is 10.2. The molecule has 14 heavy (non-hydrogen) atoms. The summed E-state index contributed by atoms with van der Waals surface area (Å²) in [5.74, 6) is 0.519. The third kappa shape index (κ3) is 3.89. The summed E-state index contributed by atoms with van der Waals surface area (Å²) in [4.78, 5) is 0.